The van der Waals surface area contributed by atoms with E-state index in [1.165, 1.54) is 0 Å². The Morgan fingerprint density at radius 2 is 1.72 bits per heavy atom. The Labute approximate surface area is 176 Å². The molecule has 0 saturated carbocycles. The predicted molar refractivity (Wildman–Crippen MR) is 98.5 cm³/mol. The zero-order chi connectivity index (χ0) is 23.7. The quantitative estimate of drug-likeness (QED) is 0.468. The summed E-state index contributed by atoms with van der Waals surface area (Å²) in [5.41, 5.74) is -0.654. The van der Waals surface area contributed by atoms with Crippen LogP contribution in [0.15, 0.2) is 23.2 Å². The molecule has 0 amide bonds. The summed E-state index contributed by atoms with van der Waals surface area (Å²) in [7, 11) is -2.27. The summed E-state index contributed by atoms with van der Waals surface area (Å²) in [6, 6.07) is 2.11. The molecule has 32 heavy (non-hydrogen) atoms. The molecular formula is C16H14F5N5O5S. The molecule has 3 aromatic heterocycles. The number of methoxy groups -OCH3 is 2. The van der Waals surface area contributed by atoms with Crippen LogP contribution < -0.4 is 18.9 Å². The molecule has 0 bridgehead atoms. The molecule has 0 saturated heterocycles. The number of anilines is 1. The van der Waals surface area contributed by atoms with E-state index in [-0.39, 0.29) is 15.9 Å². The van der Waals surface area contributed by atoms with Crippen molar-refractivity contribution in [2.75, 3.05) is 25.5 Å². The molecule has 10 nitrogen and oxygen atoms in total. The third kappa shape index (κ3) is 4.90. The van der Waals surface area contributed by atoms with Crippen LogP contribution in [0.4, 0.5) is 27.9 Å². The van der Waals surface area contributed by atoms with Crippen molar-refractivity contribution in [3.8, 4) is 17.5 Å². The van der Waals surface area contributed by atoms with E-state index in [4.69, 9.17) is 9.47 Å². The van der Waals surface area contributed by atoms with E-state index in [9.17, 15) is 30.4 Å². The van der Waals surface area contributed by atoms with Gasteiger partial charge >= 0.3 is 6.18 Å². The summed E-state index contributed by atoms with van der Waals surface area (Å²) in [5, 5.41) is 0.00552. The lowest BCUT2D eigenvalue weighted by molar-refractivity contribution is -0.153. The first-order valence-electron chi connectivity index (χ1n) is 8.43. The van der Waals surface area contributed by atoms with E-state index in [1.54, 1.807) is 0 Å². The molecule has 3 aromatic rings. The van der Waals surface area contributed by atoms with Crippen molar-refractivity contribution < 1.29 is 44.6 Å². The number of hydrogen-bond donors (Lipinski definition) is 2. The normalized spacial score (nSPS) is 12.2. The molecule has 174 valence electrons. The monoisotopic (exact) mass is 483 g/mol. The first-order valence-corrected chi connectivity index (χ1v) is 9.92. The fourth-order valence-corrected chi connectivity index (χ4v) is 3.63. The van der Waals surface area contributed by atoms with E-state index in [0.29, 0.717) is 0 Å². The number of sulfonamides is 1. The lowest BCUT2D eigenvalue weighted by Crippen LogP contribution is -2.21. The van der Waals surface area contributed by atoms with Gasteiger partial charge in [-0.25, -0.2) is 26.9 Å². The highest BCUT2D eigenvalue weighted by molar-refractivity contribution is 7.93. The Hall–Kier alpha value is -3.43. The van der Waals surface area contributed by atoms with E-state index in [2.05, 4.69) is 24.7 Å². The maximum Gasteiger partial charge on any atom is 0.422 e. The zero-order valence-corrected chi connectivity index (χ0v) is 17.0. The second-order valence-electron chi connectivity index (χ2n) is 5.99. The van der Waals surface area contributed by atoms with Crippen molar-refractivity contribution in [2.45, 2.75) is 17.5 Å². The van der Waals surface area contributed by atoms with Gasteiger partial charge < -0.3 is 19.2 Å². The molecule has 2 N–H and O–H groups in total. The van der Waals surface area contributed by atoms with Crippen LogP contribution in [0, 0.1) is 0 Å². The van der Waals surface area contributed by atoms with Gasteiger partial charge in [-0.05, 0) is 12.1 Å². The van der Waals surface area contributed by atoms with Gasteiger partial charge in [-0.1, -0.05) is 0 Å². The van der Waals surface area contributed by atoms with Gasteiger partial charge in [0.25, 0.3) is 28.2 Å². The minimum atomic E-state index is -4.68. The number of nitrogens with zero attached hydrogens (tertiary/aromatic N) is 3. The molecule has 3 heterocycles. The van der Waals surface area contributed by atoms with Crippen molar-refractivity contribution >= 4 is 27.0 Å². The van der Waals surface area contributed by atoms with Crippen molar-refractivity contribution in [3.63, 3.8) is 0 Å². The Kier molecular flexibility index (Phi) is 6.25. The van der Waals surface area contributed by atoms with Crippen LogP contribution in [0.1, 0.15) is 12.1 Å². The number of fused-ring (bicyclic) bond motifs is 1. The van der Waals surface area contributed by atoms with Crippen LogP contribution in [-0.2, 0) is 10.0 Å². The molecule has 0 aliphatic carbocycles. The number of hydrogen-bond acceptors (Lipinski definition) is 8. The number of H-pyrrole nitrogens is 1. The van der Waals surface area contributed by atoms with Gasteiger partial charge in [0.2, 0.25) is 11.7 Å². The number of pyridine rings is 1. The number of aromatic amines is 1. The third-order valence-electron chi connectivity index (χ3n) is 3.83. The van der Waals surface area contributed by atoms with Gasteiger partial charge in [-0.3, -0.25) is 0 Å². The standard InChI is InChI=1S/C16H14F5N5O5S/c1-29-13-10(31-6-16(19,20)21)14(30-2)25-15(24-13)26-32(27,28)9-5-22-12-7(9)3-4-8(23-12)11(17)18/h3-5,11H,6H2,1-2H3,(H,22,23)(H,24,25,26). The summed E-state index contributed by atoms with van der Waals surface area (Å²) >= 11 is 0. The fourth-order valence-electron chi connectivity index (χ4n) is 2.52. The Morgan fingerprint density at radius 1 is 1.09 bits per heavy atom. The minimum Gasteiger partial charge on any atom is -0.478 e. The average molecular weight is 483 g/mol. The highest BCUT2D eigenvalue weighted by atomic mass is 32.2. The van der Waals surface area contributed by atoms with E-state index in [1.807, 2.05) is 4.72 Å². The smallest absolute Gasteiger partial charge is 0.422 e. The van der Waals surface area contributed by atoms with Gasteiger partial charge in [-0.15, -0.1) is 0 Å². The number of ether oxygens (including phenoxy) is 3. The number of halogens is 5. The van der Waals surface area contributed by atoms with Crippen LogP contribution >= 0.6 is 0 Å². The second-order valence-corrected chi connectivity index (χ2v) is 7.64. The molecule has 0 radical (unpaired) electrons. The summed E-state index contributed by atoms with van der Waals surface area (Å²) in [6.45, 7) is -1.70. The Bertz CT molecular complexity index is 1210. The highest BCUT2D eigenvalue weighted by Gasteiger charge is 2.31. The minimum absolute atomic E-state index is 0.00552. The average Bonchev–Trinajstić information content (AvgIpc) is 3.15. The lowest BCUT2D eigenvalue weighted by atomic mass is 10.3. The zero-order valence-electron chi connectivity index (χ0n) is 16.2. The van der Waals surface area contributed by atoms with Gasteiger partial charge in [0, 0.05) is 11.6 Å². The summed E-state index contributed by atoms with van der Waals surface area (Å²) in [5.74, 6) is -2.25. The Morgan fingerprint density at radius 3 is 2.25 bits per heavy atom. The first kappa shape index (κ1) is 23.2. The molecular weight excluding hydrogens is 469 g/mol. The molecule has 0 spiro atoms. The third-order valence-corrected chi connectivity index (χ3v) is 5.20. The largest absolute Gasteiger partial charge is 0.478 e. The van der Waals surface area contributed by atoms with Crippen LogP contribution in [0.3, 0.4) is 0 Å². The predicted octanol–water partition coefficient (Wildman–Crippen LogP) is 3.05. The summed E-state index contributed by atoms with van der Waals surface area (Å²) < 4.78 is 105. The van der Waals surface area contributed by atoms with Crippen molar-refractivity contribution in [1.29, 1.82) is 0 Å². The van der Waals surface area contributed by atoms with Crippen LogP contribution in [0.25, 0.3) is 11.0 Å². The molecule has 0 aromatic carbocycles. The van der Waals surface area contributed by atoms with Gasteiger partial charge in [0.15, 0.2) is 6.61 Å². The van der Waals surface area contributed by atoms with Crippen molar-refractivity contribution in [3.05, 3.63) is 24.0 Å². The topological polar surface area (TPSA) is 128 Å². The van der Waals surface area contributed by atoms with Crippen LogP contribution in [0.2, 0.25) is 0 Å². The molecule has 0 fully saturated rings. The maximum absolute atomic E-state index is 12.8. The van der Waals surface area contributed by atoms with Crippen LogP contribution in [-0.4, -0.2) is 55.4 Å². The number of aromatic nitrogens is 4. The van der Waals surface area contributed by atoms with E-state index in [0.717, 1.165) is 32.5 Å². The van der Waals surface area contributed by atoms with Gasteiger partial charge in [0.05, 0.1) is 14.2 Å². The Balaban J connectivity index is 1.96. The number of alkyl halides is 5. The number of rotatable bonds is 8. The molecule has 0 atom stereocenters. The van der Waals surface area contributed by atoms with Gasteiger partial charge in [0.1, 0.15) is 16.2 Å². The molecule has 16 heteroatoms. The van der Waals surface area contributed by atoms with E-state index < -0.39 is 58.4 Å². The molecule has 0 aliphatic heterocycles. The second kappa shape index (κ2) is 8.60. The first-order chi connectivity index (χ1) is 14.9. The maximum atomic E-state index is 12.8. The SMILES string of the molecule is COc1nc(NS(=O)(=O)c2c[nH]c3nc(C(F)F)ccc23)nc(OC)c1OCC(F)(F)F. The molecule has 0 unspecified atom stereocenters. The van der Waals surface area contributed by atoms with Crippen LogP contribution in [0.5, 0.6) is 17.5 Å². The highest BCUT2D eigenvalue weighted by Crippen LogP contribution is 2.36. The van der Waals surface area contributed by atoms with E-state index >= 15 is 0 Å². The summed E-state index contributed by atoms with van der Waals surface area (Å²) in [6.07, 6.45) is -6.51. The lowest BCUT2D eigenvalue weighted by Gasteiger charge is -2.15. The van der Waals surface area contributed by atoms with Gasteiger partial charge in [-0.2, -0.15) is 23.1 Å². The summed E-state index contributed by atoms with van der Waals surface area (Å²) in [4.78, 5) is 13.1. The molecule has 3 rings (SSSR count). The molecule has 0 aliphatic rings. The van der Waals surface area contributed by atoms with Crippen molar-refractivity contribution in [2.24, 2.45) is 0 Å². The number of nitrogens with one attached hydrogen (secondary N) is 2. The van der Waals surface area contributed by atoms with Crippen molar-refractivity contribution in [1.82, 2.24) is 19.9 Å². The fraction of sp³-hybridized carbons (Fsp3) is 0.312.